The number of carbonyl (C=O) groups is 2. The second kappa shape index (κ2) is 9.12. The molecule has 0 aliphatic rings. The largest absolute Gasteiger partial charge is 0.493 e. The summed E-state index contributed by atoms with van der Waals surface area (Å²) in [6.45, 7) is 1.37. The summed E-state index contributed by atoms with van der Waals surface area (Å²) in [5.41, 5.74) is 2.72. The maximum absolute atomic E-state index is 12.1. The summed E-state index contributed by atoms with van der Waals surface area (Å²) in [6, 6.07) is 9.87. The van der Waals surface area contributed by atoms with E-state index in [0.717, 1.165) is 0 Å². The highest BCUT2D eigenvalue weighted by molar-refractivity contribution is 5.95. The zero-order valence-electron chi connectivity index (χ0n) is 15.0. The van der Waals surface area contributed by atoms with Crippen molar-refractivity contribution in [1.29, 1.82) is 0 Å². The Morgan fingerprint density at radius 3 is 2.50 bits per heavy atom. The van der Waals surface area contributed by atoms with Gasteiger partial charge in [-0.05, 0) is 31.2 Å². The molecule has 0 radical (unpaired) electrons. The number of carboxylic acid groups (broad SMARTS) is 1. The predicted octanol–water partition coefficient (Wildman–Crippen LogP) is 2.22. The van der Waals surface area contributed by atoms with Crippen molar-refractivity contribution < 1.29 is 29.1 Å². The fourth-order valence-corrected chi connectivity index (χ4v) is 2.11. The topological polar surface area (TPSA) is 140 Å². The number of aliphatic carboxylic acids is 1. The van der Waals surface area contributed by atoms with Crippen LogP contribution in [0.4, 0.5) is 5.69 Å². The number of rotatable bonds is 8. The number of benzene rings is 2. The molecule has 2 rings (SSSR count). The number of para-hydroxylation sites is 1. The van der Waals surface area contributed by atoms with E-state index in [9.17, 15) is 19.7 Å². The number of ether oxygens (including phenoxy) is 2. The second-order valence-electron chi connectivity index (χ2n) is 5.48. The highest BCUT2D eigenvalue weighted by Gasteiger charge is 2.18. The van der Waals surface area contributed by atoms with Crippen molar-refractivity contribution in [1.82, 2.24) is 5.43 Å². The van der Waals surface area contributed by atoms with E-state index in [2.05, 4.69) is 10.5 Å². The van der Waals surface area contributed by atoms with Crippen molar-refractivity contribution in [2.45, 2.75) is 13.0 Å². The van der Waals surface area contributed by atoms with Gasteiger partial charge in [0.05, 0.1) is 18.2 Å². The van der Waals surface area contributed by atoms with Crippen molar-refractivity contribution in [3.63, 3.8) is 0 Å². The Labute approximate surface area is 159 Å². The van der Waals surface area contributed by atoms with E-state index in [1.807, 2.05) is 0 Å². The smallest absolute Gasteiger partial charge is 0.344 e. The first-order chi connectivity index (χ1) is 13.3. The maximum Gasteiger partial charge on any atom is 0.344 e. The van der Waals surface area contributed by atoms with Crippen molar-refractivity contribution in [3.05, 3.63) is 63.7 Å². The molecular weight excluding hydrogens is 370 g/mol. The lowest BCUT2D eigenvalue weighted by Crippen LogP contribution is -2.24. The number of methoxy groups -OCH3 is 1. The fraction of sp³-hybridized carbons (Fsp3) is 0.167. The molecule has 2 N–H and O–H groups in total. The molecule has 1 atom stereocenters. The van der Waals surface area contributed by atoms with Crippen molar-refractivity contribution >= 4 is 23.8 Å². The van der Waals surface area contributed by atoms with Crippen LogP contribution in [0.25, 0.3) is 0 Å². The van der Waals surface area contributed by atoms with Gasteiger partial charge in [-0.2, -0.15) is 5.10 Å². The molecule has 2 aromatic carbocycles. The van der Waals surface area contributed by atoms with Crippen molar-refractivity contribution in [2.24, 2.45) is 5.10 Å². The van der Waals surface area contributed by atoms with Gasteiger partial charge in [0.1, 0.15) is 0 Å². The summed E-state index contributed by atoms with van der Waals surface area (Å²) in [5.74, 6) is -1.26. The number of nitrogens with one attached hydrogen (secondary N) is 1. The molecule has 0 saturated carbocycles. The Kier molecular flexibility index (Phi) is 6.63. The third kappa shape index (κ3) is 5.04. The lowest BCUT2D eigenvalue weighted by Gasteiger charge is -2.15. The number of nitrogens with zero attached hydrogens (tertiary/aromatic N) is 2. The van der Waals surface area contributed by atoms with Crippen LogP contribution >= 0.6 is 0 Å². The van der Waals surface area contributed by atoms with Crippen LogP contribution in [0.5, 0.6) is 11.5 Å². The molecule has 0 aliphatic heterocycles. The van der Waals surface area contributed by atoms with Crippen LogP contribution in [-0.2, 0) is 4.79 Å². The monoisotopic (exact) mass is 387 g/mol. The van der Waals surface area contributed by atoms with E-state index >= 15 is 0 Å². The van der Waals surface area contributed by atoms with E-state index in [0.29, 0.717) is 11.3 Å². The van der Waals surface area contributed by atoms with Gasteiger partial charge < -0.3 is 14.6 Å². The quantitative estimate of drug-likeness (QED) is 0.402. The molecule has 0 fully saturated rings. The minimum absolute atomic E-state index is 0.134. The average molecular weight is 387 g/mol. The first-order valence-electron chi connectivity index (χ1n) is 7.97. The number of nitro groups is 1. The fourth-order valence-electron chi connectivity index (χ4n) is 2.11. The van der Waals surface area contributed by atoms with Crippen molar-refractivity contribution in [3.8, 4) is 11.5 Å². The standard InChI is InChI=1S/C18H17N3O7/c1-11(18(23)24)28-16-13(4-3-5-15(16)27-2)10-19-20-17(22)12-6-8-14(9-7-12)21(25)26/h3-11H,1-2H3,(H,20,22)(H,23,24)/b19-10-/t11-/m0/s1. The van der Waals surface area contributed by atoms with Gasteiger partial charge in [-0.15, -0.1) is 0 Å². The number of hydrogen-bond acceptors (Lipinski definition) is 7. The zero-order chi connectivity index (χ0) is 20.7. The number of amides is 1. The number of carbonyl (C=O) groups excluding carboxylic acids is 1. The summed E-state index contributed by atoms with van der Waals surface area (Å²) >= 11 is 0. The molecule has 0 bridgehead atoms. The molecule has 0 unspecified atom stereocenters. The Balaban J connectivity index is 2.15. The Morgan fingerprint density at radius 2 is 1.93 bits per heavy atom. The molecule has 0 aromatic heterocycles. The first-order valence-corrected chi connectivity index (χ1v) is 7.97. The normalized spacial score (nSPS) is 11.6. The van der Waals surface area contributed by atoms with Crippen molar-refractivity contribution in [2.75, 3.05) is 7.11 Å². The molecule has 2 aromatic rings. The molecule has 1 amide bonds. The summed E-state index contributed by atoms with van der Waals surface area (Å²) < 4.78 is 10.6. The van der Waals surface area contributed by atoms with Crippen LogP contribution in [0.2, 0.25) is 0 Å². The van der Waals surface area contributed by atoms with Gasteiger partial charge in [0.15, 0.2) is 17.6 Å². The molecule has 0 aliphatic carbocycles. The number of non-ortho nitro benzene ring substituents is 1. The first kappa shape index (κ1) is 20.4. The van der Waals surface area contributed by atoms with Gasteiger partial charge in [0.25, 0.3) is 11.6 Å². The van der Waals surface area contributed by atoms with Gasteiger partial charge >= 0.3 is 5.97 Å². The number of carboxylic acids is 1. The number of hydrazone groups is 1. The zero-order valence-corrected chi connectivity index (χ0v) is 15.0. The van der Waals surface area contributed by atoms with E-state index in [-0.39, 0.29) is 17.0 Å². The summed E-state index contributed by atoms with van der Waals surface area (Å²) in [4.78, 5) is 33.2. The molecule has 0 spiro atoms. The van der Waals surface area contributed by atoms with Crippen LogP contribution < -0.4 is 14.9 Å². The number of nitro benzene ring substituents is 1. The van der Waals surface area contributed by atoms with E-state index in [1.54, 1.807) is 18.2 Å². The summed E-state index contributed by atoms with van der Waals surface area (Å²) in [7, 11) is 1.41. The Morgan fingerprint density at radius 1 is 1.25 bits per heavy atom. The van der Waals surface area contributed by atoms with Gasteiger partial charge in [-0.1, -0.05) is 6.07 Å². The molecule has 0 saturated heterocycles. The molecule has 146 valence electrons. The minimum atomic E-state index is -1.15. The van der Waals surface area contributed by atoms with Crippen LogP contribution in [0, 0.1) is 10.1 Å². The van der Waals surface area contributed by atoms with Crippen LogP contribution in [0.3, 0.4) is 0 Å². The lowest BCUT2D eigenvalue weighted by atomic mass is 10.2. The van der Waals surface area contributed by atoms with E-state index in [1.165, 1.54) is 44.5 Å². The lowest BCUT2D eigenvalue weighted by molar-refractivity contribution is -0.384. The van der Waals surface area contributed by atoms with Gasteiger partial charge in [0, 0.05) is 23.3 Å². The van der Waals surface area contributed by atoms with Crippen LogP contribution in [0.15, 0.2) is 47.6 Å². The Bertz CT molecular complexity index is 910. The summed E-state index contributed by atoms with van der Waals surface area (Å²) in [5, 5.41) is 23.5. The van der Waals surface area contributed by atoms with Gasteiger partial charge in [-0.3, -0.25) is 14.9 Å². The van der Waals surface area contributed by atoms with E-state index in [4.69, 9.17) is 14.6 Å². The average Bonchev–Trinajstić information content (AvgIpc) is 2.68. The maximum atomic E-state index is 12.1. The third-order valence-corrected chi connectivity index (χ3v) is 3.58. The molecule has 0 heterocycles. The molecule has 10 heteroatoms. The highest BCUT2D eigenvalue weighted by atomic mass is 16.6. The molecule has 10 nitrogen and oxygen atoms in total. The van der Waals surface area contributed by atoms with Crippen LogP contribution in [-0.4, -0.2) is 41.3 Å². The van der Waals surface area contributed by atoms with Gasteiger partial charge in [0.2, 0.25) is 0 Å². The third-order valence-electron chi connectivity index (χ3n) is 3.58. The second-order valence-corrected chi connectivity index (χ2v) is 5.48. The van der Waals surface area contributed by atoms with Gasteiger partial charge in [-0.25, -0.2) is 10.2 Å². The van der Waals surface area contributed by atoms with E-state index < -0.39 is 22.9 Å². The summed E-state index contributed by atoms with van der Waals surface area (Å²) in [6.07, 6.45) is 0.147. The van der Waals surface area contributed by atoms with Crippen LogP contribution in [0.1, 0.15) is 22.8 Å². The SMILES string of the molecule is COc1cccc(/C=N\NC(=O)c2ccc([N+](=O)[O-])cc2)c1O[C@@H](C)C(=O)O. The number of hydrogen-bond donors (Lipinski definition) is 2. The minimum Gasteiger partial charge on any atom is -0.493 e. The molecular formula is C18H17N3O7. The highest BCUT2D eigenvalue weighted by Crippen LogP contribution is 2.31. The predicted molar refractivity (Wildman–Crippen MR) is 98.9 cm³/mol. The Hall–Kier alpha value is -3.95. The molecule has 28 heavy (non-hydrogen) atoms.